The predicted octanol–water partition coefficient (Wildman–Crippen LogP) is 4.18. The van der Waals surface area contributed by atoms with Crippen molar-refractivity contribution in [3.8, 4) is 34.5 Å². The van der Waals surface area contributed by atoms with E-state index in [-0.39, 0.29) is 13.4 Å². The van der Waals surface area contributed by atoms with Crippen molar-refractivity contribution in [3.05, 3.63) is 71.0 Å². The van der Waals surface area contributed by atoms with Crippen molar-refractivity contribution < 1.29 is 51.9 Å². The van der Waals surface area contributed by atoms with Crippen molar-refractivity contribution in [2.24, 2.45) is 11.8 Å². The summed E-state index contributed by atoms with van der Waals surface area (Å²) in [6.45, 7) is -0.322. The van der Waals surface area contributed by atoms with Crippen LogP contribution in [0.4, 0.5) is 4.39 Å². The van der Waals surface area contributed by atoms with Crippen LogP contribution in [0.5, 0.6) is 34.5 Å². The van der Waals surface area contributed by atoms with Crippen LogP contribution in [0.15, 0.2) is 48.5 Å². The Labute approximate surface area is 234 Å². The summed E-state index contributed by atoms with van der Waals surface area (Å²) in [5, 5.41) is 0. The molecule has 10 nitrogen and oxygen atoms in total. The third-order valence-corrected chi connectivity index (χ3v) is 7.59. The van der Waals surface area contributed by atoms with Gasteiger partial charge in [-0.25, -0.2) is 9.18 Å². The number of carbonyl (C=O) groups excluding carboxylic acids is 2. The minimum Gasteiger partial charge on any atom is -0.493 e. The van der Waals surface area contributed by atoms with Gasteiger partial charge < -0.3 is 37.9 Å². The van der Waals surface area contributed by atoms with Gasteiger partial charge in [0.25, 0.3) is 0 Å². The Balaban J connectivity index is 1.41. The average molecular weight is 567 g/mol. The number of esters is 2. The molecule has 1 aliphatic carbocycles. The zero-order valence-electron chi connectivity index (χ0n) is 22.5. The predicted molar refractivity (Wildman–Crippen MR) is 139 cm³/mol. The zero-order chi connectivity index (χ0) is 28.7. The summed E-state index contributed by atoms with van der Waals surface area (Å²) in [6.07, 6.45) is -0.835. The fourth-order valence-corrected chi connectivity index (χ4v) is 5.79. The summed E-state index contributed by atoms with van der Waals surface area (Å²) < 4.78 is 58.2. The van der Waals surface area contributed by atoms with Gasteiger partial charge in [0.2, 0.25) is 12.5 Å². The average Bonchev–Trinajstić information content (AvgIpc) is 3.61. The van der Waals surface area contributed by atoms with Crippen LogP contribution in [-0.2, 0) is 19.1 Å². The van der Waals surface area contributed by atoms with E-state index in [1.54, 1.807) is 18.2 Å². The third kappa shape index (κ3) is 4.71. The Bertz CT molecular complexity index is 1460. The molecule has 214 valence electrons. The highest BCUT2D eigenvalue weighted by molar-refractivity contribution is 5.79. The van der Waals surface area contributed by atoms with Gasteiger partial charge in [-0.15, -0.1) is 0 Å². The molecule has 2 aliphatic heterocycles. The number of halogens is 1. The molecule has 6 rings (SSSR count). The van der Waals surface area contributed by atoms with Crippen molar-refractivity contribution in [2.45, 2.75) is 12.0 Å². The number of hydrogen-bond acceptors (Lipinski definition) is 10. The SMILES string of the molecule is COc1cc([C@@H]2c3cc4c(cc3[C@H](OC(=O)COc3ccc(F)cc3)C3COC(=O)[C@@H]32)OCO4)cc(OC)c1OC. The van der Waals surface area contributed by atoms with E-state index in [0.717, 1.165) is 5.56 Å². The lowest BCUT2D eigenvalue weighted by atomic mass is 9.66. The lowest BCUT2D eigenvalue weighted by molar-refractivity contribution is -0.156. The maximum absolute atomic E-state index is 13.3. The molecule has 3 aliphatic rings. The van der Waals surface area contributed by atoms with Gasteiger partial charge in [-0.1, -0.05) is 0 Å². The van der Waals surface area contributed by atoms with E-state index in [1.165, 1.54) is 45.6 Å². The van der Waals surface area contributed by atoms with Gasteiger partial charge in [-0.05, 0) is 59.7 Å². The van der Waals surface area contributed by atoms with Crippen LogP contribution in [0.3, 0.4) is 0 Å². The number of benzene rings is 3. The Kier molecular flexibility index (Phi) is 6.94. The Hall–Kier alpha value is -4.67. The molecule has 1 unspecified atom stereocenters. The van der Waals surface area contributed by atoms with E-state index < -0.39 is 48.2 Å². The fourth-order valence-electron chi connectivity index (χ4n) is 5.79. The molecule has 0 N–H and O–H groups in total. The van der Waals surface area contributed by atoms with Crippen LogP contribution in [-0.4, -0.2) is 53.3 Å². The van der Waals surface area contributed by atoms with Gasteiger partial charge in [0, 0.05) is 17.4 Å². The number of methoxy groups -OCH3 is 3. The molecule has 11 heteroatoms. The van der Waals surface area contributed by atoms with Crippen molar-refractivity contribution in [1.82, 2.24) is 0 Å². The van der Waals surface area contributed by atoms with Gasteiger partial charge in [0.1, 0.15) is 17.7 Å². The number of fused-ring (bicyclic) bond motifs is 3. The minimum absolute atomic E-state index is 0.0396. The molecule has 2 heterocycles. The van der Waals surface area contributed by atoms with Crippen LogP contribution >= 0.6 is 0 Å². The smallest absolute Gasteiger partial charge is 0.344 e. The van der Waals surface area contributed by atoms with Gasteiger partial charge in [0.05, 0.1) is 33.9 Å². The lowest BCUT2D eigenvalue weighted by Crippen LogP contribution is -2.37. The van der Waals surface area contributed by atoms with E-state index in [0.29, 0.717) is 45.6 Å². The number of ether oxygens (including phenoxy) is 8. The molecule has 0 amide bonds. The van der Waals surface area contributed by atoms with Gasteiger partial charge in [0.15, 0.2) is 29.6 Å². The van der Waals surface area contributed by atoms with Crippen molar-refractivity contribution >= 4 is 11.9 Å². The lowest BCUT2D eigenvalue weighted by Gasteiger charge is -2.38. The second-order valence-electron chi connectivity index (χ2n) is 9.74. The number of hydrogen-bond donors (Lipinski definition) is 0. The van der Waals surface area contributed by atoms with E-state index in [9.17, 15) is 14.0 Å². The van der Waals surface area contributed by atoms with E-state index in [4.69, 9.17) is 37.9 Å². The first-order chi connectivity index (χ1) is 19.9. The molecule has 3 aromatic carbocycles. The highest BCUT2D eigenvalue weighted by Gasteiger charge is 2.54. The summed E-state index contributed by atoms with van der Waals surface area (Å²) in [6, 6.07) is 12.5. The largest absolute Gasteiger partial charge is 0.493 e. The van der Waals surface area contributed by atoms with Gasteiger partial charge in [-0.2, -0.15) is 0 Å². The molecular formula is C30H27FO10. The summed E-state index contributed by atoms with van der Waals surface area (Å²) in [4.78, 5) is 26.3. The maximum atomic E-state index is 13.3. The fraction of sp³-hybridized carbons (Fsp3) is 0.333. The first-order valence-electron chi connectivity index (χ1n) is 12.9. The Morgan fingerprint density at radius 3 is 2.20 bits per heavy atom. The third-order valence-electron chi connectivity index (χ3n) is 7.59. The molecule has 0 bridgehead atoms. The van der Waals surface area contributed by atoms with E-state index >= 15 is 0 Å². The first kappa shape index (κ1) is 26.5. The van der Waals surface area contributed by atoms with Crippen molar-refractivity contribution in [2.75, 3.05) is 41.3 Å². The second kappa shape index (κ2) is 10.7. The zero-order valence-corrected chi connectivity index (χ0v) is 22.5. The van der Waals surface area contributed by atoms with Crippen molar-refractivity contribution in [3.63, 3.8) is 0 Å². The monoisotopic (exact) mass is 566 g/mol. The summed E-state index contributed by atoms with van der Waals surface area (Å²) in [5.74, 6) is -0.611. The quantitative estimate of drug-likeness (QED) is 0.369. The molecule has 3 aromatic rings. The van der Waals surface area contributed by atoms with Crippen LogP contribution in [0.1, 0.15) is 28.7 Å². The summed E-state index contributed by atoms with van der Waals surface area (Å²) in [7, 11) is 4.55. The number of carbonyl (C=O) groups is 2. The highest BCUT2D eigenvalue weighted by atomic mass is 19.1. The topological polar surface area (TPSA) is 108 Å². The second-order valence-corrected chi connectivity index (χ2v) is 9.74. The van der Waals surface area contributed by atoms with E-state index in [1.807, 2.05) is 6.07 Å². The molecule has 0 radical (unpaired) electrons. The number of cyclic esters (lactones) is 1. The molecule has 0 saturated carbocycles. The molecule has 1 saturated heterocycles. The van der Waals surface area contributed by atoms with Crippen LogP contribution in [0, 0.1) is 17.7 Å². The molecule has 41 heavy (non-hydrogen) atoms. The first-order valence-corrected chi connectivity index (χ1v) is 12.9. The molecule has 4 atom stereocenters. The van der Waals surface area contributed by atoms with Gasteiger partial charge >= 0.3 is 11.9 Å². The molecule has 0 spiro atoms. The van der Waals surface area contributed by atoms with Crippen LogP contribution in [0.25, 0.3) is 0 Å². The van der Waals surface area contributed by atoms with Crippen LogP contribution in [0.2, 0.25) is 0 Å². The van der Waals surface area contributed by atoms with E-state index in [2.05, 4.69) is 0 Å². The molecule has 1 fully saturated rings. The van der Waals surface area contributed by atoms with Crippen molar-refractivity contribution in [1.29, 1.82) is 0 Å². The maximum Gasteiger partial charge on any atom is 0.344 e. The summed E-state index contributed by atoms with van der Waals surface area (Å²) in [5.41, 5.74) is 2.08. The standard InChI is InChI=1S/C30H27FO10/c1-34-23-8-15(9-24(35-2)29(23)36-3)26-18-10-21-22(40-14-39-21)11-19(18)28(20-12-38-30(33)27(20)26)41-25(32)13-37-17-6-4-16(31)5-7-17/h4-11,20,26-28H,12-14H2,1-3H3/t20?,26-,27+,28+/m1/s1. The highest BCUT2D eigenvalue weighted by Crippen LogP contribution is 2.56. The Morgan fingerprint density at radius 2 is 1.56 bits per heavy atom. The van der Waals surface area contributed by atoms with Crippen LogP contribution < -0.4 is 28.4 Å². The molecular weight excluding hydrogens is 539 g/mol. The minimum atomic E-state index is -0.835. The molecule has 0 aromatic heterocycles. The summed E-state index contributed by atoms with van der Waals surface area (Å²) >= 11 is 0. The normalized spacial score (nSPS) is 21.8. The van der Waals surface area contributed by atoms with Gasteiger partial charge in [-0.3, -0.25) is 4.79 Å². The Morgan fingerprint density at radius 1 is 0.902 bits per heavy atom. The number of rotatable bonds is 8.